The van der Waals surface area contributed by atoms with E-state index in [9.17, 15) is 4.79 Å². The van der Waals surface area contributed by atoms with Gasteiger partial charge >= 0.3 is 0 Å². The van der Waals surface area contributed by atoms with Crippen LogP contribution in [0.2, 0.25) is 0 Å². The van der Waals surface area contributed by atoms with Crippen molar-refractivity contribution >= 4 is 22.9 Å². The molecular weight excluding hydrogens is 468 g/mol. The van der Waals surface area contributed by atoms with Gasteiger partial charge in [-0.1, -0.05) is 71.9 Å². The van der Waals surface area contributed by atoms with Gasteiger partial charge in [0.15, 0.2) is 5.78 Å². The van der Waals surface area contributed by atoms with Gasteiger partial charge in [0.2, 0.25) is 0 Å². The SMILES string of the molecule is CC1=NN(c2ccccc2)[C@@H]2N[C@H](c3ccc(N(C)C)cc3)C3=C([C@H]12)[C@@H](C(C)(C)C)C[C@@H](C(C)(C)C)C3=O. The van der Waals surface area contributed by atoms with E-state index in [0.717, 1.165) is 34.6 Å². The average Bonchev–Trinajstić information content (AvgIpc) is 3.19. The summed E-state index contributed by atoms with van der Waals surface area (Å²) in [7, 11) is 4.12. The van der Waals surface area contributed by atoms with Gasteiger partial charge in [0.25, 0.3) is 0 Å². The first-order valence-corrected chi connectivity index (χ1v) is 14.0. The normalized spacial score (nSPS) is 27.7. The van der Waals surface area contributed by atoms with Crippen LogP contribution < -0.4 is 15.2 Å². The minimum Gasteiger partial charge on any atom is -0.378 e. The number of fused-ring (bicyclic) bond motifs is 2. The van der Waals surface area contributed by atoms with Crippen LogP contribution in [0.3, 0.4) is 0 Å². The summed E-state index contributed by atoms with van der Waals surface area (Å²) >= 11 is 0. The second-order valence-electron chi connectivity index (χ2n) is 13.7. The number of carbonyl (C=O) groups excluding carboxylic acids is 1. The molecule has 0 aromatic heterocycles. The zero-order chi connectivity index (χ0) is 27.6. The zero-order valence-electron chi connectivity index (χ0n) is 24.5. The first-order chi connectivity index (χ1) is 17.8. The summed E-state index contributed by atoms with van der Waals surface area (Å²) in [6.45, 7) is 15.8. The maximum absolute atomic E-state index is 14.5. The van der Waals surface area contributed by atoms with E-state index >= 15 is 0 Å². The minimum absolute atomic E-state index is 0.0174. The van der Waals surface area contributed by atoms with Gasteiger partial charge in [-0.05, 0) is 65.5 Å². The molecule has 2 aromatic rings. The van der Waals surface area contributed by atoms with E-state index in [4.69, 9.17) is 5.10 Å². The zero-order valence-corrected chi connectivity index (χ0v) is 24.5. The number of hydrogen-bond donors (Lipinski definition) is 1. The average molecular weight is 513 g/mol. The molecular formula is C33H44N4O. The molecule has 0 saturated heterocycles. The summed E-state index contributed by atoms with van der Waals surface area (Å²) in [5.74, 6) is 0.651. The Bertz CT molecular complexity index is 1260. The molecule has 2 aliphatic heterocycles. The molecule has 0 saturated carbocycles. The first-order valence-electron chi connectivity index (χ1n) is 14.0. The van der Waals surface area contributed by atoms with Crippen molar-refractivity contribution in [2.24, 2.45) is 33.7 Å². The van der Waals surface area contributed by atoms with Crippen molar-refractivity contribution in [3.63, 3.8) is 0 Å². The molecule has 0 unspecified atom stereocenters. The highest BCUT2D eigenvalue weighted by Crippen LogP contribution is 2.55. The lowest BCUT2D eigenvalue weighted by Crippen LogP contribution is -2.56. The summed E-state index contributed by atoms with van der Waals surface area (Å²) in [5, 5.41) is 11.2. The second-order valence-corrected chi connectivity index (χ2v) is 13.7. The molecule has 3 aliphatic rings. The van der Waals surface area contributed by atoms with Crippen molar-refractivity contribution in [1.82, 2.24) is 5.32 Å². The Kier molecular flexibility index (Phi) is 6.58. The van der Waals surface area contributed by atoms with Crippen molar-refractivity contribution in [1.29, 1.82) is 0 Å². The van der Waals surface area contributed by atoms with Crippen LogP contribution in [-0.2, 0) is 4.79 Å². The summed E-state index contributed by atoms with van der Waals surface area (Å²) < 4.78 is 0. The molecule has 0 spiro atoms. The number of ketones is 1. The smallest absolute Gasteiger partial charge is 0.164 e. The fourth-order valence-electron chi connectivity index (χ4n) is 6.75. The van der Waals surface area contributed by atoms with Gasteiger partial charge in [0, 0.05) is 37.0 Å². The Balaban J connectivity index is 1.73. The van der Waals surface area contributed by atoms with Crippen LogP contribution in [0.25, 0.3) is 0 Å². The highest BCUT2D eigenvalue weighted by atomic mass is 16.1. The maximum atomic E-state index is 14.5. The van der Waals surface area contributed by atoms with Gasteiger partial charge in [-0.2, -0.15) is 5.10 Å². The van der Waals surface area contributed by atoms with E-state index in [0.29, 0.717) is 11.7 Å². The Labute approximate surface area is 229 Å². The van der Waals surface area contributed by atoms with Crippen LogP contribution in [0.5, 0.6) is 0 Å². The molecule has 5 atom stereocenters. The molecule has 0 bridgehead atoms. The van der Waals surface area contributed by atoms with Gasteiger partial charge in [-0.25, -0.2) is 5.01 Å². The van der Waals surface area contributed by atoms with Crippen LogP contribution >= 0.6 is 0 Å². The third-order valence-corrected chi connectivity index (χ3v) is 8.85. The molecule has 0 fully saturated rings. The van der Waals surface area contributed by atoms with Gasteiger partial charge < -0.3 is 4.90 Å². The Morgan fingerprint density at radius 2 is 1.50 bits per heavy atom. The predicted molar refractivity (Wildman–Crippen MR) is 158 cm³/mol. The number of benzene rings is 2. The monoisotopic (exact) mass is 512 g/mol. The number of rotatable bonds is 3. The van der Waals surface area contributed by atoms with E-state index in [1.165, 1.54) is 5.57 Å². The van der Waals surface area contributed by atoms with Crippen LogP contribution in [0, 0.1) is 28.6 Å². The Hall–Kier alpha value is -2.92. The van der Waals surface area contributed by atoms with Crippen molar-refractivity contribution in [3.05, 3.63) is 71.3 Å². The number of anilines is 2. The molecule has 0 amide bonds. The molecule has 38 heavy (non-hydrogen) atoms. The van der Waals surface area contributed by atoms with Crippen LogP contribution in [-0.4, -0.2) is 31.8 Å². The molecule has 1 N–H and O–H groups in total. The van der Waals surface area contributed by atoms with Crippen molar-refractivity contribution in [3.8, 4) is 0 Å². The number of hydrazone groups is 1. The summed E-state index contributed by atoms with van der Waals surface area (Å²) in [6, 6.07) is 18.9. The highest BCUT2D eigenvalue weighted by molar-refractivity contribution is 6.03. The molecule has 5 heteroatoms. The number of carbonyl (C=O) groups is 1. The topological polar surface area (TPSA) is 47.9 Å². The largest absolute Gasteiger partial charge is 0.378 e. The third-order valence-electron chi connectivity index (χ3n) is 8.85. The fraction of sp³-hybridized carbons (Fsp3) is 0.515. The summed E-state index contributed by atoms with van der Waals surface area (Å²) in [5.41, 5.74) is 6.65. The van der Waals surface area contributed by atoms with E-state index in [-0.39, 0.29) is 34.9 Å². The second kappa shape index (κ2) is 9.37. The van der Waals surface area contributed by atoms with Crippen molar-refractivity contribution in [2.45, 2.75) is 67.1 Å². The number of Topliss-reactive ketones (excluding diaryl/α,β-unsaturated/α-hetero) is 1. The van der Waals surface area contributed by atoms with Crippen molar-refractivity contribution in [2.75, 3.05) is 24.0 Å². The quantitative estimate of drug-likeness (QED) is 0.490. The summed E-state index contributed by atoms with van der Waals surface area (Å²) in [4.78, 5) is 16.6. The Morgan fingerprint density at radius 3 is 2.05 bits per heavy atom. The van der Waals surface area contributed by atoms with Gasteiger partial charge in [0.05, 0.1) is 17.6 Å². The molecule has 5 rings (SSSR count). The van der Waals surface area contributed by atoms with E-state index < -0.39 is 0 Å². The molecule has 5 nitrogen and oxygen atoms in total. The lowest BCUT2D eigenvalue weighted by molar-refractivity contribution is -0.125. The van der Waals surface area contributed by atoms with E-state index in [1.807, 2.05) is 6.07 Å². The van der Waals surface area contributed by atoms with Crippen molar-refractivity contribution < 1.29 is 4.79 Å². The van der Waals surface area contributed by atoms with E-state index in [2.05, 4.69) is 126 Å². The van der Waals surface area contributed by atoms with Gasteiger partial charge in [-0.3, -0.25) is 10.1 Å². The standard InChI is InChI=1S/C33H44N4O/c1-20-26-27-24(32(2,3)4)19-25(33(5,6)7)30(38)28(27)29(21-15-17-22(18-16-21)36(8)9)34-31(26)37(35-20)23-13-11-10-12-14-23/h10-18,24-26,29,31,34H,19H2,1-9H3/t24-,25+,26-,29+,31-/m0/s1. The molecule has 2 aromatic carbocycles. The third kappa shape index (κ3) is 4.49. The number of nitrogens with one attached hydrogen (secondary N) is 1. The number of para-hydroxylation sites is 1. The predicted octanol–water partition coefficient (Wildman–Crippen LogP) is 6.83. The van der Waals surface area contributed by atoms with Crippen LogP contribution in [0.4, 0.5) is 11.4 Å². The first kappa shape index (κ1) is 26.7. The number of nitrogens with zero attached hydrogens (tertiary/aromatic N) is 3. The molecule has 202 valence electrons. The molecule has 2 heterocycles. The van der Waals surface area contributed by atoms with Gasteiger partial charge in [-0.15, -0.1) is 0 Å². The van der Waals surface area contributed by atoms with Gasteiger partial charge in [0.1, 0.15) is 6.17 Å². The lowest BCUT2D eigenvalue weighted by atomic mass is 9.56. The highest BCUT2D eigenvalue weighted by Gasteiger charge is 2.55. The fourth-order valence-corrected chi connectivity index (χ4v) is 6.75. The minimum atomic E-state index is -0.183. The van der Waals surface area contributed by atoms with Crippen LogP contribution in [0.1, 0.15) is 66.5 Å². The maximum Gasteiger partial charge on any atom is 0.164 e. The summed E-state index contributed by atoms with van der Waals surface area (Å²) in [6.07, 6.45) is 0.845. The molecule has 1 aliphatic carbocycles. The number of hydrogen-bond acceptors (Lipinski definition) is 5. The molecule has 0 radical (unpaired) electrons. The Morgan fingerprint density at radius 1 is 0.895 bits per heavy atom. The van der Waals surface area contributed by atoms with Crippen LogP contribution in [0.15, 0.2) is 70.8 Å². The van der Waals surface area contributed by atoms with E-state index in [1.54, 1.807) is 0 Å². The lowest BCUT2D eigenvalue weighted by Gasteiger charge is -2.51.